The Morgan fingerprint density at radius 3 is 2.87 bits per heavy atom. The molecule has 0 bridgehead atoms. The Balaban J connectivity index is 0.00000264. The molecule has 7 heteroatoms. The van der Waals surface area contributed by atoms with E-state index in [1.165, 1.54) is 6.42 Å². The third-order valence-corrected chi connectivity index (χ3v) is 4.65. The SMILES string of the molecule is CCN(C)CCNC(=NC)N1CCC(C)C(n2ccnc2)C1.I. The smallest absolute Gasteiger partial charge is 0.193 e. The molecule has 1 aliphatic heterocycles. The average molecular weight is 434 g/mol. The number of likely N-dealkylation sites (N-methyl/N-ethyl adjacent to an activating group) is 1. The molecular weight excluding hydrogens is 403 g/mol. The van der Waals surface area contributed by atoms with Crippen LogP contribution >= 0.6 is 24.0 Å². The Hall–Kier alpha value is -0.830. The maximum absolute atomic E-state index is 4.46. The Kier molecular flexibility index (Phi) is 8.90. The highest BCUT2D eigenvalue weighted by Crippen LogP contribution is 2.27. The van der Waals surface area contributed by atoms with Crippen LogP contribution in [0.1, 0.15) is 26.3 Å². The van der Waals surface area contributed by atoms with Crippen LogP contribution in [0.2, 0.25) is 0 Å². The van der Waals surface area contributed by atoms with Crippen molar-refractivity contribution in [2.75, 3.05) is 46.8 Å². The molecule has 1 saturated heterocycles. The molecule has 0 amide bonds. The van der Waals surface area contributed by atoms with E-state index < -0.39 is 0 Å². The van der Waals surface area contributed by atoms with E-state index in [1.807, 2.05) is 19.6 Å². The zero-order chi connectivity index (χ0) is 15.9. The van der Waals surface area contributed by atoms with Crippen LogP contribution in [0.5, 0.6) is 0 Å². The molecule has 1 aromatic heterocycles. The van der Waals surface area contributed by atoms with Gasteiger partial charge in [0.25, 0.3) is 0 Å². The molecule has 2 rings (SSSR count). The number of piperidine rings is 1. The van der Waals surface area contributed by atoms with Crippen molar-refractivity contribution in [1.82, 2.24) is 24.7 Å². The number of imidazole rings is 1. The van der Waals surface area contributed by atoms with Gasteiger partial charge in [-0.05, 0) is 25.9 Å². The summed E-state index contributed by atoms with van der Waals surface area (Å²) in [7, 11) is 4.01. The molecule has 132 valence electrons. The summed E-state index contributed by atoms with van der Waals surface area (Å²) in [6, 6.07) is 0.466. The molecule has 0 saturated carbocycles. The summed E-state index contributed by atoms with van der Waals surface area (Å²) in [4.78, 5) is 13.3. The minimum Gasteiger partial charge on any atom is -0.355 e. The van der Waals surface area contributed by atoms with Crippen LogP contribution in [0, 0.1) is 5.92 Å². The van der Waals surface area contributed by atoms with Gasteiger partial charge in [0.2, 0.25) is 0 Å². The molecule has 2 unspecified atom stereocenters. The Labute approximate surface area is 157 Å². The highest BCUT2D eigenvalue weighted by molar-refractivity contribution is 14.0. The fourth-order valence-electron chi connectivity index (χ4n) is 2.94. The molecule has 1 aromatic rings. The minimum absolute atomic E-state index is 0. The second kappa shape index (κ2) is 10.1. The van der Waals surface area contributed by atoms with E-state index in [4.69, 9.17) is 0 Å². The molecule has 6 nitrogen and oxygen atoms in total. The van der Waals surface area contributed by atoms with Gasteiger partial charge in [0.15, 0.2) is 5.96 Å². The third-order valence-electron chi connectivity index (χ3n) is 4.65. The zero-order valence-electron chi connectivity index (χ0n) is 14.8. The van der Waals surface area contributed by atoms with Gasteiger partial charge >= 0.3 is 0 Å². The molecule has 2 atom stereocenters. The van der Waals surface area contributed by atoms with E-state index in [1.54, 1.807) is 0 Å². The standard InChI is InChI=1S/C16H30N6.HI/c1-5-20(4)10-8-19-16(17-3)21-9-6-14(2)15(12-21)22-11-7-18-13-22;/h7,11,13-15H,5-6,8-10,12H2,1-4H3,(H,17,19);1H. The van der Waals surface area contributed by atoms with E-state index in [2.05, 4.69) is 56.8 Å². The van der Waals surface area contributed by atoms with Crippen molar-refractivity contribution in [3.8, 4) is 0 Å². The number of aliphatic imine (C=N–C) groups is 1. The van der Waals surface area contributed by atoms with E-state index in [0.29, 0.717) is 12.0 Å². The molecule has 1 aliphatic rings. The topological polar surface area (TPSA) is 48.7 Å². The molecule has 0 radical (unpaired) electrons. The molecule has 1 N–H and O–H groups in total. The van der Waals surface area contributed by atoms with Crippen LogP contribution in [-0.4, -0.2) is 72.1 Å². The van der Waals surface area contributed by atoms with Crippen molar-refractivity contribution in [1.29, 1.82) is 0 Å². The summed E-state index contributed by atoms with van der Waals surface area (Å²) in [6.07, 6.45) is 7.03. The van der Waals surface area contributed by atoms with E-state index in [0.717, 1.165) is 38.7 Å². The highest BCUT2D eigenvalue weighted by Gasteiger charge is 2.28. The van der Waals surface area contributed by atoms with Gasteiger partial charge < -0.3 is 19.7 Å². The van der Waals surface area contributed by atoms with Crippen LogP contribution in [0.25, 0.3) is 0 Å². The van der Waals surface area contributed by atoms with Crippen LogP contribution in [0.15, 0.2) is 23.7 Å². The van der Waals surface area contributed by atoms with E-state index in [9.17, 15) is 0 Å². The van der Waals surface area contributed by atoms with Crippen molar-refractivity contribution in [2.24, 2.45) is 10.9 Å². The predicted octanol–water partition coefficient (Wildman–Crippen LogP) is 1.91. The number of hydrogen-bond acceptors (Lipinski definition) is 3. The summed E-state index contributed by atoms with van der Waals surface area (Å²) in [5.41, 5.74) is 0. The van der Waals surface area contributed by atoms with E-state index in [-0.39, 0.29) is 24.0 Å². The molecule has 1 fully saturated rings. The number of guanidine groups is 1. The highest BCUT2D eigenvalue weighted by atomic mass is 127. The fourth-order valence-corrected chi connectivity index (χ4v) is 2.94. The number of halogens is 1. The second-order valence-corrected chi connectivity index (χ2v) is 6.16. The lowest BCUT2D eigenvalue weighted by molar-refractivity contribution is 0.188. The lowest BCUT2D eigenvalue weighted by Gasteiger charge is -2.39. The van der Waals surface area contributed by atoms with Crippen LogP contribution in [0.4, 0.5) is 0 Å². The van der Waals surface area contributed by atoms with Crippen molar-refractivity contribution in [2.45, 2.75) is 26.3 Å². The average Bonchev–Trinajstić information content (AvgIpc) is 3.06. The van der Waals surface area contributed by atoms with Gasteiger partial charge in [-0.15, -0.1) is 24.0 Å². The summed E-state index contributed by atoms with van der Waals surface area (Å²) in [5.74, 6) is 1.68. The Bertz CT molecular complexity index is 461. The number of aromatic nitrogens is 2. The van der Waals surface area contributed by atoms with Crippen LogP contribution in [-0.2, 0) is 0 Å². The molecule has 23 heavy (non-hydrogen) atoms. The Morgan fingerprint density at radius 2 is 2.26 bits per heavy atom. The van der Waals surface area contributed by atoms with Crippen molar-refractivity contribution in [3.63, 3.8) is 0 Å². The number of nitrogens with one attached hydrogen (secondary N) is 1. The first-order valence-electron chi connectivity index (χ1n) is 8.27. The first-order valence-corrected chi connectivity index (χ1v) is 8.27. The number of nitrogens with zero attached hydrogens (tertiary/aromatic N) is 5. The second-order valence-electron chi connectivity index (χ2n) is 6.16. The normalized spacial score (nSPS) is 22.1. The molecule has 0 aliphatic carbocycles. The minimum atomic E-state index is 0. The van der Waals surface area contributed by atoms with Crippen molar-refractivity contribution >= 4 is 29.9 Å². The fraction of sp³-hybridized carbons (Fsp3) is 0.750. The third kappa shape index (κ3) is 5.63. The van der Waals surface area contributed by atoms with Crippen molar-refractivity contribution in [3.05, 3.63) is 18.7 Å². The van der Waals surface area contributed by atoms with Gasteiger partial charge in [0, 0.05) is 45.6 Å². The predicted molar refractivity (Wildman–Crippen MR) is 107 cm³/mol. The summed E-state index contributed by atoms with van der Waals surface area (Å²) in [6.45, 7) is 9.59. The number of rotatable bonds is 5. The van der Waals surface area contributed by atoms with Gasteiger partial charge in [-0.1, -0.05) is 13.8 Å². The van der Waals surface area contributed by atoms with Crippen LogP contribution in [0.3, 0.4) is 0 Å². The zero-order valence-corrected chi connectivity index (χ0v) is 17.1. The quantitative estimate of drug-likeness (QED) is 0.437. The largest absolute Gasteiger partial charge is 0.355 e. The summed E-state index contributed by atoms with van der Waals surface area (Å²) < 4.78 is 2.23. The van der Waals surface area contributed by atoms with Gasteiger partial charge in [0.1, 0.15) is 0 Å². The maximum Gasteiger partial charge on any atom is 0.193 e. The number of hydrogen-bond donors (Lipinski definition) is 1. The van der Waals surface area contributed by atoms with Gasteiger partial charge in [-0.3, -0.25) is 4.99 Å². The maximum atomic E-state index is 4.46. The van der Waals surface area contributed by atoms with Gasteiger partial charge in [-0.2, -0.15) is 0 Å². The van der Waals surface area contributed by atoms with Crippen molar-refractivity contribution < 1.29 is 0 Å². The molecule has 0 spiro atoms. The molecule has 0 aromatic carbocycles. The van der Waals surface area contributed by atoms with E-state index >= 15 is 0 Å². The summed E-state index contributed by atoms with van der Waals surface area (Å²) in [5, 5.41) is 3.49. The molecular formula is C16H31IN6. The number of likely N-dealkylation sites (tertiary alicyclic amines) is 1. The first kappa shape index (κ1) is 20.2. The first-order chi connectivity index (χ1) is 10.7. The van der Waals surface area contributed by atoms with Crippen LogP contribution < -0.4 is 5.32 Å². The van der Waals surface area contributed by atoms with Gasteiger partial charge in [0.05, 0.1) is 12.4 Å². The monoisotopic (exact) mass is 434 g/mol. The molecule has 2 heterocycles. The summed E-state index contributed by atoms with van der Waals surface area (Å²) >= 11 is 0. The van der Waals surface area contributed by atoms with Gasteiger partial charge in [-0.25, -0.2) is 4.98 Å². The Morgan fingerprint density at radius 1 is 1.48 bits per heavy atom. The lowest BCUT2D eigenvalue weighted by Crippen LogP contribution is -2.50. The lowest BCUT2D eigenvalue weighted by atomic mass is 9.93.